The first kappa shape index (κ1) is 69.4. The van der Waals surface area contributed by atoms with Crippen molar-refractivity contribution in [1.29, 1.82) is 0 Å². The molecule has 5 heterocycles. The summed E-state index contributed by atoms with van der Waals surface area (Å²) in [4.78, 5) is 5.57. The molecule has 0 aliphatic carbocycles. The first-order valence-corrected chi connectivity index (χ1v) is 40.9. The minimum Gasteiger partial charge on any atom is -0.309 e. The quantitative estimate of drug-likeness (QED) is 0.150. The van der Waals surface area contributed by atoms with E-state index in [4.69, 9.17) is 0 Å². The number of anilines is 6. The van der Waals surface area contributed by atoms with Crippen molar-refractivity contribution in [3.63, 3.8) is 0 Å². The Hall–Kier alpha value is -11.1. The zero-order valence-corrected chi connectivity index (χ0v) is 67.5. The summed E-state index contributed by atoms with van der Waals surface area (Å²) in [6.45, 7) is 35.5. The van der Waals surface area contributed by atoms with Gasteiger partial charge in [0.1, 0.15) is 0 Å². The predicted molar refractivity (Wildman–Crippen MR) is 478 cm³/mol. The number of thiophene rings is 2. The molecule has 110 heavy (non-hydrogen) atoms. The average Bonchev–Trinajstić information content (AvgIpc) is 0.889. The first-order chi connectivity index (χ1) is 52.7. The molecule has 0 amide bonds. The largest absolute Gasteiger partial charge is 0.309 e. The molecule has 540 valence electrons. The summed E-state index contributed by atoms with van der Waals surface area (Å²) in [6.07, 6.45) is 0. The maximum atomic E-state index is 2.80. The summed E-state index contributed by atoms with van der Waals surface area (Å²) in [5, 5.41) is 7.58. The van der Waals surface area contributed by atoms with Gasteiger partial charge in [-0.05, 0) is 184 Å². The zero-order valence-electron chi connectivity index (χ0n) is 65.9. The van der Waals surface area contributed by atoms with Crippen molar-refractivity contribution in [1.82, 2.24) is 4.57 Å². The smallest absolute Gasteiger partial charge is 0.0625 e. The summed E-state index contributed by atoms with van der Waals surface area (Å²) in [5.74, 6) is -0.271. The van der Waals surface area contributed by atoms with Crippen LogP contribution in [0.2, 0.25) is 0 Å². The van der Waals surface area contributed by atoms with Gasteiger partial charge in [0.25, 0.3) is 0 Å². The van der Waals surface area contributed by atoms with E-state index >= 15 is 0 Å². The van der Waals surface area contributed by atoms with Gasteiger partial charge in [0.2, 0.25) is 0 Å². The molecule has 1 atom stereocenters. The lowest BCUT2D eigenvalue weighted by atomic mass is 9.72. The molecule has 1 unspecified atom stereocenters. The molecule has 0 saturated heterocycles. The molecule has 0 bridgehead atoms. The van der Waals surface area contributed by atoms with Crippen LogP contribution in [0.5, 0.6) is 0 Å². The standard InChI is InChI=1S/C105H93N3S2/c1-101(2,3)69-45-50-83-80(56-69)81-57-70(102(4,5)6)46-51-84(81)106(83)74-47-48-75-86(60-74)108(100-79(64-34-22-17-23-35-64)62-92-97(77-41-29-31-43-90(77)110-92)94(100)66-38-26-19-27-39-66)88-59-73(105(13,14)15)58-87-98(88)95(75)82-54-67(68-52-71(103(7,8)9)55-72(53-68)104(10,11)12)44-49-85(82)107(87)99-78(63-32-20-16-21-33-63)61-91-96(76-40-28-30-42-89(76)109-91)93(99)65-36-24-18-25-37-65/h16-62,95H,1-15H3. The monoisotopic (exact) mass is 1460 g/mol. The Morgan fingerprint density at radius 1 is 0.264 bits per heavy atom. The fourth-order valence-electron chi connectivity index (χ4n) is 17.8. The molecule has 0 spiro atoms. The lowest BCUT2D eigenvalue weighted by Gasteiger charge is -2.47. The van der Waals surface area contributed by atoms with Crippen LogP contribution in [0.4, 0.5) is 34.1 Å². The van der Waals surface area contributed by atoms with Gasteiger partial charge in [0.15, 0.2) is 0 Å². The fraction of sp³-hybridized carbons (Fsp3) is 0.200. The van der Waals surface area contributed by atoms with Gasteiger partial charge in [-0.3, -0.25) is 0 Å². The Kier molecular flexibility index (Phi) is 15.9. The Labute approximate surface area is 656 Å². The van der Waals surface area contributed by atoms with Gasteiger partial charge in [-0.2, -0.15) is 0 Å². The second-order valence-electron chi connectivity index (χ2n) is 36.1. The SMILES string of the molecule is CC(C)(C)c1cc(-c2ccc3c(c2)C2c4ccc(-n5c6ccc(C(C)(C)C)cc6c6cc(C(C)(C)C)ccc65)cc4N(c4c(-c5ccccc5)cc5sc6ccccc6c5c4-c4ccccc4)c4cc(C(C)(C)C)cc(c42)N3c2c(-c3ccccc3)cc3sc4ccccc4c3c2-c2ccccc2)cc(C(C)(C)C)c1. The lowest BCUT2D eigenvalue weighted by Crippen LogP contribution is -2.31. The molecule has 3 nitrogen and oxygen atoms in total. The van der Waals surface area contributed by atoms with Gasteiger partial charge in [-0.25, -0.2) is 0 Å². The molecular formula is C105H93N3S2. The molecule has 2 aliphatic heterocycles. The van der Waals surface area contributed by atoms with Crippen LogP contribution in [0.15, 0.2) is 285 Å². The first-order valence-electron chi connectivity index (χ1n) is 39.2. The van der Waals surface area contributed by atoms with E-state index in [-0.39, 0.29) is 33.0 Å². The van der Waals surface area contributed by atoms with Crippen molar-refractivity contribution in [2.75, 3.05) is 9.80 Å². The van der Waals surface area contributed by atoms with Crippen LogP contribution in [0.25, 0.3) is 123 Å². The van der Waals surface area contributed by atoms with Gasteiger partial charge >= 0.3 is 0 Å². The molecule has 19 rings (SSSR count). The molecule has 5 heteroatoms. The highest BCUT2D eigenvalue weighted by atomic mass is 32.1. The van der Waals surface area contributed by atoms with Crippen molar-refractivity contribution < 1.29 is 0 Å². The summed E-state index contributed by atoms with van der Waals surface area (Å²) >= 11 is 3.80. The molecule has 0 fully saturated rings. The van der Waals surface area contributed by atoms with E-state index in [1.165, 1.54) is 162 Å². The number of benzene rings is 14. The van der Waals surface area contributed by atoms with Gasteiger partial charge < -0.3 is 14.4 Å². The van der Waals surface area contributed by atoms with Crippen LogP contribution in [-0.4, -0.2) is 4.57 Å². The summed E-state index contributed by atoms with van der Waals surface area (Å²) in [6, 6.07) is 111. The van der Waals surface area contributed by atoms with Crippen molar-refractivity contribution in [3.05, 3.63) is 330 Å². The maximum absolute atomic E-state index is 2.80. The summed E-state index contributed by atoms with van der Waals surface area (Å²) in [5.41, 5.74) is 31.9. The van der Waals surface area contributed by atoms with Crippen molar-refractivity contribution in [2.45, 2.75) is 137 Å². The van der Waals surface area contributed by atoms with Crippen molar-refractivity contribution in [3.8, 4) is 61.3 Å². The van der Waals surface area contributed by atoms with Gasteiger partial charge in [-0.15, -0.1) is 22.7 Å². The molecule has 0 N–H and O–H groups in total. The summed E-state index contributed by atoms with van der Waals surface area (Å²) in [7, 11) is 0. The number of rotatable bonds is 8. The van der Waals surface area contributed by atoms with Gasteiger partial charge in [-0.1, -0.05) is 304 Å². The van der Waals surface area contributed by atoms with Crippen LogP contribution < -0.4 is 9.80 Å². The predicted octanol–water partition coefficient (Wildman–Crippen LogP) is 31.1. The van der Waals surface area contributed by atoms with E-state index in [1.54, 1.807) is 0 Å². The van der Waals surface area contributed by atoms with Crippen LogP contribution in [0.3, 0.4) is 0 Å². The fourth-order valence-corrected chi connectivity index (χ4v) is 20.1. The highest BCUT2D eigenvalue weighted by molar-refractivity contribution is 7.26. The number of nitrogens with zero attached hydrogens (tertiary/aromatic N) is 3. The third-order valence-electron chi connectivity index (χ3n) is 23.7. The van der Waals surface area contributed by atoms with E-state index in [0.29, 0.717) is 0 Å². The molecule has 17 aromatic rings. The van der Waals surface area contributed by atoms with Crippen molar-refractivity contribution in [2.24, 2.45) is 0 Å². The van der Waals surface area contributed by atoms with E-state index in [2.05, 4.69) is 403 Å². The number of fused-ring (bicyclic) bond motifs is 13. The van der Waals surface area contributed by atoms with Gasteiger partial charge in [0, 0.05) is 90.5 Å². The van der Waals surface area contributed by atoms with E-state index in [1.807, 2.05) is 22.7 Å². The topological polar surface area (TPSA) is 11.4 Å². The number of hydrogen-bond acceptors (Lipinski definition) is 4. The highest BCUT2D eigenvalue weighted by Crippen LogP contribution is 2.66. The molecule has 3 aromatic heterocycles. The molecular weight excluding hydrogens is 1370 g/mol. The molecule has 2 aliphatic rings. The Morgan fingerprint density at radius 2 is 0.673 bits per heavy atom. The molecule has 0 radical (unpaired) electrons. The third-order valence-corrected chi connectivity index (χ3v) is 25.9. The average molecular weight is 1460 g/mol. The van der Waals surface area contributed by atoms with E-state index < -0.39 is 0 Å². The molecule has 14 aromatic carbocycles. The second-order valence-corrected chi connectivity index (χ2v) is 38.3. The third kappa shape index (κ3) is 11.3. The van der Waals surface area contributed by atoms with Gasteiger partial charge in [0.05, 0.1) is 45.2 Å². The Balaban J connectivity index is 1.03. The van der Waals surface area contributed by atoms with Crippen LogP contribution in [0.1, 0.15) is 154 Å². The van der Waals surface area contributed by atoms with Crippen LogP contribution in [-0.2, 0) is 27.1 Å². The van der Waals surface area contributed by atoms with E-state index in [9.17, 15) is 0 Å². The minimum absolute atomic E-state index is 0.0657. The molecule has 0 saturated carbocycles. The number of aromatic nitrogens is 1. The number of hydrogen-bond donors (Lipinski definition) is 0. The lowest BCUT2D eigenvalue weighted by molar-refractivity contribution is 0.569. The second kappa shape index (κ2) is 25.2. The van der Waals surface area contributed by atoms with Crippen LogP contribution >= 0.6 is 22.7 Å². The highest BCUT2D eigenvalue weighted by Gasteiger charge is 2.45. The Bertz CT molecular complexity index is 6490. The van der Waals surface area contributed by atoms with Crippen molar-refractivity contribution >= 4 is 119 Å². The van der Waals surface area contributed by atoms with Crippen LogP contribution in [0, 0.1) is 0 Å². The zero-order chi connectivity index (χ0) is 75.8. The Morgan fingerprint density at radius 3 is 1.12 bits per heavy atom. The normalized spacial score (nSPS) is 14.0. The summed E-state index contributed by atoms with van der Waals surface area (Å²) < 4.78 is 7.65. The van der Waals surface area contributed by atoms with E-state index in [0.717, 1.165) is 39.7 Å². The minimum atomic E-state index is -0.343. The maximum Gasteiger partial charge on any atom is 0.0625 e.